The van der Waals surface area contributed by atoms with Crippen molar-refractivity contribution in [1.82, 2.24) is 25.5 Å². The van der Waals surface area contributed by atoms with Crippen LogP contribution >= 0.6 is 11.8 Å². The average Bonchev–Trinajstić information content (AvgIpc) is 3.07. The minimum absolute atomic E-state index is 0.0207. The van der Waals surface area contributed by atoms with E-state index in [2.05, 4.69) is 20.8 Å². The Kier molecular flexibility index (Phi) is 6.55. The van der Waals surface area contributed by atoms with Crippen molar-refractivity contribution in [2.24, 2.45) is 0 Å². The van der Waals surface area contributed by atoms with Gasteiger partial charge in [-0.1, -0.05) is 11.8 Å². The number of rotatable bonds is 7. The summed E-state index contributed by atoms with van der Waals surface area (Å²) in [7, 11) is 0. The molecule has 140 valence electrons. The van der Waals surface area contributed by atoms with Crippen LogP contribution in [-0.4, -0.2) is 44.3 Å². The molecule has 2 N–H and O–H groups in total. The largest absolute Gasteiger partial charge is 0.346 e. The van der Waals surface area contributed by atoms with Crippen molar-refractivity contribution in [2.45, 2.75) is 25.0 Å². The van der Waals surface area contributed by atoms with Gasteiger partial charge in [0.05, 0.1) is 24.0 Å². The summed E-state index contributed by atoms with van der Waals surface area (Å²) in [5, 5.41) is 15.9. The Hall–Kier alpha value is -2.63. The summed E-state index contributed by atoms with van der Waals surface area (Å²) < 4.78 is 40.9. The predicted octanol–water partition coefficient (Wildman–Crippen LogP) is 1.52. The third-order valence-electron chi connectivity index (χ3n) is 3.04. The van der Waals surface area contributed by atoms with Crippen LogP contribution in [-0.2, 0) is 9.59 Å². The standard InChI is InChI=1S/C14H15F3N6O2S/c1-7(2)23-14(20-21-22-23)26-6-11(25)18-5-10(24)19-9-4-3-8(15)12(16)13(9)17/h3-4,7H,5-6H2,1-2H3,(H,18,25)(H,19,24). The molecular weight excluding hydrogens is 373 g/mol. The van der Waals surface area contributed by atoms with Crippen LogP contribution in [0.5, 0.6) is 0 Å². The fourth-order valence-electron chi connectivity index (χ4n) is 1.78. The molecule has 0 atom stereocenters. The fourth-order valence-corrected chi connectivity index (χ4v) is 2.62. The van der Waals surface area contributed by atoms with Crippen molar-refractivity contribution in [3.8, 4) is 0 Å². The van der Waals surface area contributed by atoms with Crippen LogP contribution in [0.2, 0.25) is 0 Å². The molecule has 2 amide bonds. The second kappa shape index (κ2) is 8.65. The second-order valence-electron chi connectivity index (χ2n) is 5.34. The molecular formula is C14H15F3N6O2S. The number of hydrogen-bond donors (Lipinski definition) is 2. The Morgan fingerprint density at radius 3 is 2.62 bits per heavy atom. The van der Waals surface area contributed by atoms with Crippen molar-refractivity contribution in [1.29, 1.82) is 0 Å². The van der Waals surface area contributed by atoms with Gasteiger partial charge in [-0.3, -0.25) is 9.59 Å². The van der Waals surface area contributed by atoms with Gasteiger partial charge in [0.2, 0.25) is 17.0 Å². The molecule has 1 aromatic heterocycles. The summed E-state index contributed by atoms with van der Waals surface area (Å²) in [6, 6.07) is 1.59. The Morgan fingerprint density at radius 2 is 1.92 bits per heavy atom. The summed E-state index contributed by atoms with van der Waals surface area (Å²) in [6.45, 7) is 3.29. The molecule has 0 radical (unpaired) electrons. The molecule has 0 aliphatic carbocycles. The fraction of sp³-hybridized carbons (Fsp3) is 0.357. The zero-order valence-corrected chi connectivity index (χ0v) is 14.6. The maximum atomic E-state index is 13.5. The molecule has 12 heteroatoms. The zero-order chi connectivity index (χ0) is 19.3. The quantitative estimate of drug-likeness (QED) is 0.551. The van der Waals surface area contributed by atoms with Crippen LogP contribution in [0, 0.1) is 17.5 Å². The third kappa shape index (κ3) is 4.94. The maximum Gasteiger partial charge on any atom is 0.243 e. The SMILES string of the molecule is CC(C)n1nnnc1SCC(=O)NCC(=O)Nc1ccc(F)c(F)c1F. The highest BCUT2D eigenvalue weighted by molar-refractivity contribution is 7.99. The first-order valence-corrected chi connectivity index (χ1v) is 8.39. The molecule has 2 rings (SSSR count). The van der Waals surface area contributed by atoms with Gasteiger partial charge >= 0.3 is 0 Å². The van der Waals surface area contributed by atoms with E-state index < -0.39 is 41.5 Å². The summed E-state index contributed by atoms with van der Waals surface area (Å²) in [4.78, 5) is 23.5. The van der Waals surface area contributed by atoms with Crippen molar-refractivity contribution < 1.29 is 22.8 Å². The highest BCUT2D eigenvalue weighted by Gasteiger charge is 2.16. The van der Waals surface area contributed by atoms with E-state index in [0.717, 1.165) is 17.8 Å². The van der Waals surface area contributed by atoms with Gasteiger partial charge in [0, 0.05) is 0 Å². The van der Waals surface area contributed by atoms with Gasteiger partial charge in [0.1, 0.15) is 0 Å². The Morgan fingerprint density at radius 1 is 1.19 bits per heavy atom. The molecule has 0 aliphatic heterocycles. The molecule has 1 aromatic carbocycles. The van der Waals surface area contributed by atoms with Crippen LogP contribution in [0.3, 0.4) is 0 Å². The first-order valence-electron chi connectivity index (χ1n) is 7.40. The van der Waals surface area contributed by atoms with Crippen LogP contribution in [0.25, 0.3) is 0 Å². The minimum Gasteiger partial charge on any atom is -0.346 e. The number of amides is 2. The molecule has 26 heavy (non-hydrogen) atoms. The number of nitrogens with one attached hydrogen (secondary N) is 2. The molecule has 8 nitrogen and oxygen atoms in total. The molecule has 0 bridgehead atoms. The third-order valence-corrected chi connectivity index (χ3v) is 3.97. The normalized spacial score (nSPS) is 10.8. The Balaban J connectivity index is 1.81. The Bertz CT molecular complexity index is 814. The lowest BCUT2D eigenvalue weighted by Gasteiger charge is -2.09. The lowest BCUT2D eigenvalue weighted by molar-refractivity contribution is -0.122. The minimum atomic E-state index is -1.69. The average molecular weight is 388 g/mol. The number of anilines is 1. The van der Waals surface area contributed by atoms with Crippen LogP contribution in [0.1, 0.15) is 19.9 Å². The number of carbonyl (C=O) groups is 2. The van der Waals surface area contributed by atoms with E-state index in [-0.39, 0.29) is 11.8 Å². The maximum absolute atomic E-state index is 13.5. The van der Waals surface area contributed by atoms with E-state index in [0.29, 0.717) is 11.2 Å². The van der Waals surface area contributed by atoms with Crippen molar-refractivity contribution in [2.75, 3.05) is 17.6 Å². The number of hydrogen-bond acceptors (Lipinski definition) is 6. The van der Waals surface area contributed by atoms with E-state index >= 15 is 0 Å². The molecule has 0 unspecified atom stereocenters. The Labute approximate surface area is 150 Å². The molecule has 2 aromatic rings. The summed E-state index contributed by atoms with van der Waals surface area (Å²) >= 11 is 1.08. The van der Waals surface area contributed by atoms with Gasteiger partial charge in [-0.2, -0.15) is 0 Å². The smallest absolute Gasteiger partial charge is 0.243 e. The molecule has 0 saturated heterocycles. The molecule has 0 saturated carbocycles. The summed E-state index contributed by atoms with van der Waals surface area (Å²) in [5.74, 6) is -5.88. The number of carbonyl (C=O) groups excluding carboxylic acids is 2. The molecule has 0 aliphatic rings. The predicted molar refractivity (Wildman–Crippen MR) is 86.9 cm³/mol. The van der Waals surface area contributed by atoms with E-state index in [9.17, 15) is 22.8 Å². The van der Waals surface area contributed by atoms with E-state index in [1.807, 2.05) is 19.2 Å². The zero-order valence-electron chi connectivity index (χ0n) is 13.8. The number of thioether (sulfide) groups is 1. The number of nitrogens with zero attached hydrogens (tertiary/aromatic N) is 4. The van der Waals surface area contributed by atoms with E-state index in [1.165, 1.54) is 4.68 Å². The number of tetrazole rings is 1. The molecule has 1 heterocycles. The van der Waals surface area contributed by atoms with Gasteiger partial charge in [-0.05, 0) is 36.4 Å². The van der Waals surface area contributed by atoms with Gasteiger partial charge < -0.3 is 10.6 Å². The van der Waals surface area contributed by atoms with Gasteiger partial charge in [-0.25, -0.2) is 17.9 Å². The van der Waals surface area contributed by atoms with E-state index in [4.69, 9.17) is 0 Å². The topological polar surface area (TPSA) is 102 Å². The number of benzene rings is 1. The van der Waals surface area contributed by atoms with Crippen molar-refractivity contribution in [3.05, 3.63) is 29.6 Å². The van der Waals surface area contributed by atoms with Crippen LogP contribution in [0.4, 0.5) is 18.9 Å². The molecule has 0 spiro atoms. The first-order chi connectivity index (χ1) is 12.3. The van der Waals surface area contributed by atoms with Gasteiger partial charge in [0.15, 0.2) is 17.5 Å². The monoisotopic (exact) mass is 388 g/mol. The van der Waals surface area contributed by atoms with Crippen LogP contribution < -0.4 is 10.6 Å². The summed E-state index contributed by atoms with van der Waals surface area (Å²) in [6.07, 6.45) is 0. The number of aromatic nitrogens is 4. The highest BCUT2D eigenvalue weighted by Crippen LogP contribution is 2.19. The van der Waals surface area contributed by atoms with E-state index in [1.54, 1.807) is 0 Å². The first kappa shape index (κ1) is 19.7. The van der Waals surface area contributed by atoms with Gasteiger partial charge in [0.25, 0.3) is 0 Å². The van der Waals surface area contributed by atoms with Gasteiger partial charge in [-0.15, -0.1) is 5.10 Å². The van der Waals surface area contributed by atoms with Crippen molar-refractivity contribution in [3.63, 3.8) is 0 Å². The lowest BCUT2D eigenvalue weighted by atomic mass is 10.2. The lowest BCUT2D eigenvalue weighted by Crippen LogP contribution is -2.34. The van der Waals surface area contributed by atoms with Crippen LogP contribution in [0.15, 0.2) is 17.3 Å². The molecule has 0 fully saturated rings. The second-order valence-corrected chi connectivity index (χ2v) is 6.28. The highest BCUT2D eigenvalue weighted by atomic mass is 32.2. The summed E-state index contributed by atoms with van der Waals surface area (Å²) in [5.41, 5.74) is -0.520. The van der Waals surface area contributed by atoms with Crippen molar-refractivity contribution >= 4 is 29.3 Å². The number of halogens is 3.